The van der Waals surface area contributed by atoms with Crippen LogP contribution in [0, 0.1) is 0 Å². The molecule has 144 valence electrons. The summed E-state index contributed by atoms with van der Waals surface area (Å²) in [5.74, 6) is 0.667. The monoisotopic (exact) mass is 502 g/mol. The highest BCUT2D eigenvalue weighted by molar-refractivity contribution is 14.0. The molecule has 0 spiro atoms. The van der Waals surface area contributed by atoms with Crippen LogP contribution in [-0.2, 0) is 21.3 Å². The van der Waals surface area contributed by atoms with Gasteiger partial charge in [0.25, 0.3) is 10.0 Å². The van der Waals surface area contributed by atoms with E-state index in [1.54, 1.807) is 24.5 Å². The van der Waals surface area contributed by atoms with Crippen LogP contribution >= 0.6 is 35.3 Å². The molecule has 0 radical (unpaired) electrons. The Bertz CT molecular complexity index is 643. The van der Waals surface area contributed by atoms with Crippen LogP contribution in [0.5, 0.6) is 0 Å². The predicted molar refractivity (Wildman–Crippen MR) is 112 cm³/mol. The first-order valence-corrected chi connectivity index (χ1v) is 10.4. The summed E-state index contributed by atoms with van der Waals surface area (Å²) in [6.07, 6.45) is 3.01. The maximum Gasteiger partial charge on any atom is 0.252 e. The van der Waals surface area contributed by atoms with E-state index in [1.165, 1.54) is 11.3 Å². The molecule has 25 heavy (non-hydrogen) atoms. The Hall–Kier alpha value is -0.430. The van der Waals surface area contributed by atoms with E-state index >= 15 is 0 Å². The van der Waals surface area contributed by atoms with Crippen LogP contribution in [0.3, 0.4) is 0 Å². The smallest absolute Gasteiger partial charge is 0.252 e. The number of piperidine rings is 1. The average Bonchev–Trinajstić information content (AvgIpc) is 3.08. The molecule has 1 aliphatic rings. The predicted octanol–water partition coefficient (Wildman–Crippen LogP) is 1.85. The third kappa shape index (κ3) is 6.66. The highest BCUT2D eigenvalue weighted by Crippen LogP contribution is 2.26. The van der Waals surface area contributed by atoms with Gasteiger partial charge in [0.1, 0.15) is 4.21 Å². The minimum atomic E-state index is -3.34. The first-order chi connectivity index (χ1) is 11.6. The normalized spacial score (nSPS) is 16.3. The number of methoxy groups -OCH3 is 1. The van der Waals surface area contributed by atoms with Crippen LogP contribution in [0.2, 0.25) is 0 Å². The average molecular weight is 502 g/mol. The molecule has 1 fully saturated rings. The lowest BCUT2D eigenvalue weighted by Crippen LogP contribution is -2.38. The van der Waals surface area contributed by atoms with Gasteiger partial charge in [0.15, 0.2) is 5.96 Å². The van der Waals surface area contributed by atoms with E-state index in [0.29, 0.717) is 43.0 Å². The van der Waals surface area contributed by atoms with E-state index in [-0.39, 0.29) is 24.0 Å². The number of nitrogens with one attached hydrogen (secondary N) is 2. The molecule has 0 aromatic carbocycles. The van der Waals surface area contributed by atoms with Crippen molar-refractivity contribution >= 4 is 51.3 Å². The molecule has 0 bridgehead atoms. The molecule has 0 saturated carbocycles. The Morgan fingerprint density at radius 1 is 1.28 bits per heavy atom. The molecule has 2 N–H and O–H groups in total. The number of ether oxygens (including phenoxy) is 1. The van der Waals surface area contributed by atoms with E-state index in [1.807, 2.05) is 6.07 Å². The SMILES string of the molecule is CN=C(NCCOC)NCc1ccc(S(=O)(=O)N2CCCCC2)s1.I. The second-order valence-corrected chi connectivity index (χ2v) is 8.86. The van der Waals surface area contributed by atoms with Crippen molar-refractivity contribution in [3.8, 4) is 0 Å². The second-order valence-electron chi connectivity index (χ2n) is 5.53. The van der Waals surface area contributed by atoms with E-state index < -0.39 is 10.0 Å². The fraction of sp³-hybridized carbons (Fsp3) is 0.667. The van der Waals surface area contributed by atoms with E-state index in [4.69, 9.17) is 4.74 Å². The molecule has 1 aliphatic heterocycles. The number of halogens is 1. The van der Waals surface area contributed by atoms with Gasteiger partial charge in [-0.15, -0.1) is 35.3 Å². The van der Waals surface area contributed by atoms with Crippen LogP contribution in [0.15, 0.2) is 21.3 Å². The van der Waals surface area contributed by atoms with Crippen molar-refractivity contribution in [2.75, 3.05) is 40.4 Å². The van der Waals surface area contributed by atoms with Crippen molar-refractivity contribution in [2.24, 2.45) is 4.99 Å². The Morgan fingerprint density at radius 2 is 2.00 bits per heavy atom. The standard InChI is InChI=1S/C15H26N4O3S2.HI/c1-16-15(17-8-11-22-2)18-12-13-6-7-14(23-13)24(20,21)19-9-4-3-5-10-19;/h6-7H,3-5,8-12H2,1-2H3,(H2,16,17,18);1H. The summed E-state index contributed by atoms with van der Waals surface area (Å²) in [6.45, 7) is 3.05. The van der Waals surface area contributed by atoms with Crippen molar-refractivity contribution in [1.29, 1.82) is 0 Å². The highest BCUT2D eigenvalue weighted by Gasteiger charge is 2.27. The van der Waals surface area contributed by atoms with Crippen LogP contribution in [0.4, 0.5) is 0 Å². The molecule has 2 heterocycles. The highest BCUT2D eigenvalue weighted by atomic mass is 127. The number of hydrogen-bond acceptors (Lipinski definition) is 5. The van der Waals surface area contributed by atoms with Crippen molar-refractivity contribution in [1.82, 2.24) is 14.9 Å². The number of nitrogens with zero attached hydrogens (tertiary/aromatic N) is 2. The number of thiophene rings is 1. The molecule has 1 saturated heterocycles. The van der Waals surface area contributed by atoms with Gasteiger partial charge in [-0.25, -0.2) is 8.42 Å². The van der Waals surface area contributed by atoms with Crippen LogP contribution in [-0.4, -0.2) is 59.1 Å². The zero-order valence-electron chi connectivity index (χ0n) is 14.7. The lowest BCUT2D eigenvalue weighted by molar-refractivity contribution is 0.203. The summed E-state index contributed by atoms with van der Waals surface area (Å²) in [7, 11) is 0.00266. The molecular formula is C15H27IN4O3S2. The molecular weight excluding hydrogens is 475 g/mol. The minimum absolute atomic E-state index is 0. The van der Waals surface area contributed by atoms with E-state index in [2.05, 4.69) is 15.6 Å². The number of guanidine groups is 1. The van der Waals surface area contributed by atoms with Crippen molar-refractivity contribution in [3.63, 3.8) is 0 Å². The zero-order valence-corrected chi connectivity index (χ0v) is 18.6. The Balaban J connectivity index is 0.00000312. The van der Waals surface area contributed by atoms with Gasteiger partial charge >= 0.3 is 0 Å². The quantitative estimate of drug-likeness (QED) is 0.258. The summed E-state index contributed by atoms with van der Waals surface area (Å²) >= 11 is 1.31. The number of sulfonamides is 1. The summed E-state index contributed by atoms with van der Waals surface area (Å²) in [6, 6.07) is 3.56. The molecule has 2 rings (SSSR count). The topological polar surface area (TPSA) is 83.0 Å². The van der Waals surface area contributed by atoms with Crippen molar-refractivity contribution < 1.29 is 13.2 Å². The zero-order chi connectivity index (χ0) is 17.4. The first-order valence-electron chi connectivity index (χ1n) is 8.10. The molecule has 1 aromatic heterocycles. The maximum absolute atomic E-state index is 12.6. The number of aliphatic imine (C=N–C) groups is 1. The molecule has 0 atom stereocenters. The summed E-state index contributed by atoms with van der Waals surface area (Å²) < 4.78 is 32.3. The number of rotatable bonds is 7. The lowest BCUT2D eigenvalue weighted by Gasteiger charge is -2.25. The Kier molecular flexibility index (Phi) is 10.2. The fourth-order valence-electron chi connectivity index (χ4n) is 2.49. The van der Waals surface area contributed by atoms with Gasteiger partial charge in [-0.05, 0) is 25.0 Å². The third-order valence-corrected chi connectivity index (χ3v) is 7.25. The number of hydrogen-bond donors (Lipinski definition) is 2. The molecule has 1 aromatic rings. The molecule has 0 amide bonds. The molecule has 0 unspecified atom stereocenters. The van der Waals surface area contributed by atoms with Gasteiger partial charge in [-0.1, -0.05) is 6.42 Å². The van der Waals surface area contributed by atoms with Gasteiger partial charge in [-0.3, -0.25) is 4.99 Å². The van der Waals surface area contributed by atoms with Crippen molar-refractivity contribution in [2.45, 2.75) is 30.0 Å². The molecule has 7 nitrogen and oxygen atoms in total. The Morgan fingerprint density at radius 3 is 2.64 bits per heavy atom. The lowest BCUT2D eigenvalue weighted by atomic mass is 10.2. The van der Waals surface area contributed by atoms with Gasteiger partial charge in [-0.2, -0.15) is 4.31 Å². The van der Waals surface area contributed by atoms with Crippen LogP contribution in [0.25, 0.3) is 0 Å². The largest absolute Gasteiger partial charge is 0.383 e. The van der Waals surface area contributed by atoms with Crippen molar-refractivity contribution in [3.05, 3.63) is 17.0 Å². The maximum atomic E-state index is 12.6. The first kappa shape index (κ1) is 22.6. The van der Waals surface area contributed by atoms with Gasteiger partial charge in [0.2, 0.25) is 0 Å². The summed E-state index contributed by atoms with van der Waals surface area (Å²) in [5.41, 5.74) is 0. The fourth-order valence-corrected chi connectivity index (χ4v) is 5.45. The van der Waals surface area contributed by atoms with Gasteiger partial charge in [0, 0.05) is 38.7 Å². The second kappa shape index (κ2) is 11.3. The van der Waals surface area contributed by atoms with E-state index in [0.717, 1.165) is 24.1 Å². The van der Waals surface area contributed by atoms with Crippen LogP contribution in [0.1, 0.15) is 24.1 Å². The minimum Gasteiger partial charge on any atom is -0.383 e. The summed E-state index contributed by atoms with van der Waals surface area (Å²) in [5, 5.41) is 6.30. The third-order valence-electron chi connectivity index (χ3n) is 3.80. The Labute approximate surface area is 171 Å². The molecule has 0 aliphatic carbocycles. The van der Waals surface area contributed by atoms with Crippen LogP contribution < -0.4 is 10.6 Å². The van der Waals surface area contributed by atoms with E-state index in [9.17, 15) is 8.42 Å². The molecule has 10 heteroatoms. The summed E-state index contributed by atoms with van der Waals surface area (Å²) in [4.78, 5) is 5.08. The van der Waals surface area contributed by atoms with Gasteiger partial charge in [0.05, 0.1) is 13.2 Å². The van der Waals surface area contributed by atoms with Gasteiger partial charge < -0.3 is 15.4 Å².